The van der Waals surface area contributed by atoms with Crippen molar-refractivity contribution >= 4 is 42.8 Å². The number of pyridine rings is 1. The standard InChI is InChI=1S/C26H38N4O2SSi/c1-17(2)34(18(3)4,19(5)6)14-13-20-15-23(28-24-22(20)16-27-25(30-24)33-7)29-26(31)32-21-11-9-8-10-12-21/h15-19,21H,8-12H2,1-7H3,(H,27,28,29,30,31). The highest BCUT2D eigenvalue weighted by Crippen LogP contribution is 2.41. The van der Waals surface area contributed by atoms with Gasteiger partial charge in [0.05, 0.1) is 5.39 Å². The van der Waals surface area contributed by atoms with Gasteiger partial charge < -0.3 is 4.74 Å². The van der Waals surface area contributed by atoms with Crippen molar-refractivity contribution in [2.24, 2.45) is 0 Å². The van der Waals surface area contributed by atoms with E-state index in [0.717, 1.165) is 36.6 Å². The van der Waals surface area contributed by atoms with Crippen molar-refractivity contribution in [3.05, 3.63) is 17.8 Å². The topological polar surface area (TPSA) is 77.0 Å². The maximum Gasteiger partial charge on any atom is 0.413 e. The third-order valence-corrected chi connectivity index (χ3v) is 13.9. The first kappa shape index (κ1) is 26.5. The van der Waals surface area contributed by atoms with E-state index in [-0.39, 0.29) is 6.10 Å². The number of carbonyl (C=O) groups is 1. The van der Waals surface area contributed by atoms with Gasteiger partial charge in [-0.25, -0.2) is 19.7 Å². The zero-order chi connectivity index (χ0) is 24.9. The highest BCUT2D eigenvalue weighted by molar-refractivity contribution is 7.98. The molecule has 34 heavy (non-hydrogen) atoms. The second-order valence-electron chi connectivity index (χ2n) is 10.1. The van der Waals surface area contributed by atoms with Gasteiger partial charge in [-0.1, -0.05) is 65.6 Å². The molecule has 1 amide bonds. The molecule has 8 heteroatoms. The first-order valence-corrected chi connectivity index (χ1v) is 15.9. The Hall–Kier alpha value is -2.11. The Bertz CT molecular complexity index is 1050. The molecular weight excluding hydrogens is 460 g/mol. The van der Waals surface area contributed by atoms with Gasteiger partial charge >= 0.3 is 6.09 Å². The van der Waals surface area contributed by atoms with Crippen LogP contribution in [0.1, 0.15) is 79.2 Å². The number of hydrogen-bond acceptors (Lipinski definition) is 6. The number of hydrogen-bond donors (Lipinski definition) is 1. The molecule has 0 unspecified atom stereocenters. The number of anilines is 1. The lowest BCUT2D eigenvalue weighted by molar-refractivity contribution is 0.0864. The SMILES string of the molecule is CSc1ncc2c(C#C[Si](C(C)C)(C(C)C)C(C)C)cc(NC(=O)OC3CCCCC3)nc2n1. The van der Waals surface area contributed by atoms with Crippen molar-refractivity contribution in [2.45, 2.75) is 102 Å². The van der Waals surface area contributed by atoms with Crippen LogP contribution in [0.15, 0.2) is 17.4 Å². The van der Waals surface area contributed by atoms with Gasteiger partial charge in [0.25, 0.3) is 0 Å². The van der Waals surface area contributed by atoms with Crippen molar-refractivity contribution in [3.8, 4) is 11.5 Å². The van der Waals surface area contributed by atoms with E-state index in [4.69, 9.17) is 4.74 Å². The summed E-state index contributed by atoms with van der Waals surface area (Å²) in [7, 11) is -1.93. The maximum atomic E-state index is 12.6. The summed E-state index contributed by atoms with van der Waals surface area (Å²) in [6.45, 7) is 13.8. The summed E-state index contributed by atoms with van der Waals surface area (Å²) in [6.07, 6.45) is 8.50. The minimum absolute atomic E-state index is 0.0198. The molecule has 2 aromatic heterocycles. The molecule has 0 aromatic carbocycles. The molecule has 6 nitrogen and oxygen atoms in total. The van der Waals surface area contributed by atoms with E-state index in [9.17, 15) is 4.79 Å². The van der Waals surface area contributed by atoms with E-state index in [1.165, 1.54) is 18.2 Å². The van der Waals surface area contributed by atoms with Crippen molar-refractivity contribution in [1.82, 2.24) is 15.0 Å². The van der Waals surface area contributed by atoms with Crippen LogP contribution in [-0.2, 0) is 4.74 Å². The number of amides is 1. The molecule has 0 spiro atoms. The molecule has 1 N–H and O–H groups in total. The molecule has 3 rings (SSSR count). The number of nitrogens with zero attached hydrogens (tertiary/aromatic N) is 3. The largest absolute Gasteiger partial charge is 0.446 e. The molecule has 2 heterocycles. The molecule has 1 aliphatic rings. The fraction of sp³-hybridized carbons (Fsp3) is 0.615. The van der Waals surface area contributed by atoms with Crippen LogP contribution in [0.2, 0.25) is 16.6 Å². The summed E-state index contributed by atoms with van der Waals surface area (Å²) < 4.78 is 5.64. The van der Waals surface area contributed by atoms with Crippen molar-refractivity contribution in [3.63, 3.8) is 0 Å². The molecule has 0 bridgehead atoms. The van der Waals surface area contributed by atoms with Crippen LogP contribution in [0.3, 0.4) is 0 Å². The highest BCUT2D eigenvalue weighted by Gasteiger charge is 2.41. The lowest BCUT2D eigenvalue weighted by Crippen LogP contribution is -2.43. The molecule has 0 atom stereocenters. The number of nitrogens with one attached hydrogen (secondary N) is 1. The van der Waals surface area contributed by atoms with Crippen LogP contribution in [0.5, 0.6) is 0 Å². The lowest BCUT2D eigenvalue weighted by Gasteiger charge is -2.38. The van der Waals surface area contributed by atoms with Crippen molar-refractivity contribution < 1.29 is 9.53 Å². The lowest BCUT2D eigenvalue weighted by atomic mass is 9.98. The summed E-state index contributed by atoms with van der Waals surface area (Å²) in [5.41, 5.74) is 6.67. The third-order valence-electron chi connectivity index (χ3n) is 7.06. The van der Waals surface area contributed by atoms with Gasteiger partial charge in [-0.2, -0.15) is 0 Å². The molecule has 0 radical (unpaired) electrons. The number of thioether (sulfide) groups is 1. The molecule has 1 aliphatic carbocycles. The Morgan fingerprint density at radius 2 is 1.74 bits per heavy atom. The van der Waals surface area contributed by atoms with Crippen LogP contribution >= 0.6 is 11.8 Å². The highest BCUT2D eigenvalue weighted by atomic mass is 32.2. The fourth-order valence-electron chi connectivity index (χ4n) is 5.34. The summed E-state index contributed by atoms with van der Waals surface area (Å²) in [6, 6.07) is 1.83. The van der Waals surface area contributed by atoms with Crippen molar-refractivity contribution in [1.29, 1.82) is 0 Å². The predicted octanol–water partition coefficient (Wildman–Crippen LogP) is 7.20. The number of ether oxygens (including phenoxy) is 1. The van der Waals surface area contributed by atoms with Crippen LogP contribution in [0.25, 0.3) is 11.0 Å². The predicted molar refractivity (Wildman–Crippen MR) is 144 cm³/mol. The molecule has 184 valence electrons. The molecule has 0 aliphatic heterocycles. The quantitative estimate of drug-likeness (QED) is 0.196. The number of fused-ring (bicyclic) bond motifs is 1. The monoisotopic (exact) mass is 498 g/mol. The molecule has 2 aromatic rings. The second-order valence-corrected chi connectivity index (χ2v) is 16.4. The van der Waals surface area contributed by atoms with E-state index >= 15 is 0 Å². The number of carbonyl (C=O) groups excluding carboxylic acids is 1. The molecule has 0 saturated heterocycles. The summed E-state index contributed by atoms with van der Waals surface area (Å²) in [5.74, 6) is 3.91. The van der Waals surface area contributed by atoms with E-state index < -0.39 is 14.2 Å². The normalized spacial score (nSPS) is 15.0. The van der Waals surface area contributed by atoms with Crippen LogP contribution < -0.4 is 5.32 Å². The molecular formula is C26H38N4O2SSi. The van der Waals surface area contributed by atoms with Gasteiger partial charge in [0.15, 0.2) is 10.8 Å². The van der Waals surface area contributed by atoms with Gasteiger partial charge in [-0.3, -0.25) is 5.32 Å². The minimum Gasteiger partial charge on any atom is -0.446 e. The fourth-order valence-corrected chi connectivity index (χ4v) is 10.9. The third kappa shape index (κ3) is 5.92. The van der Waals surface area contributed by atoms with Gasteiger partial charge in [0.1, 0.15) is 20.0 Å². The Morgan fingerprint density at radius 1 is 1.09 bits per heavy atom. The summed E-state index contributed by atoms with van der Waals surface area (Å²) >= 11 is 1.46. The molecule has 1 fully saturated rings. The number of aromatic nitrogens is 3. The van der Waals surface area contributed by atoms with Gasteiger partial charge in [-0.15, -0.1) is 5.54 Å². The summed E-state index contributed by atoms with van der Waals surface area (Å²) in [4.78, 5) is 26.2. The zero-order valence-corrected chi connectivity index (χ0v) is 23.4. The smallest absolute Gasteiger partial charge is 0.413 e. The molecule has 1 saturated carbocycles. The van der Waals surface area contributed by atoms with E-state index in [1.54, 1.807) is 6.20 Å². The minimum atomic E-state index is -1.93. The van der Waals surface area contributed by atoms with Gasteiger partial charge in [0.2, 0.25) is 0 Å². The Morgan fingerprint density at radius 3 is 2.32 bits per heavy atom. The summed E-state index contributed by atoms with van der Waals surface area (Å²) in [5, 5.41) is 4.27. The van der Waals surface area contributed by atoms with Gasteiger partial charge in [0, 0.05) is 11.8 Å². The van der Waals surface area contributed by atoms with E-state index in [2.05, 4.69) is 73.3 Å². The average Bonchev–Trinajstić information content (AvgIpc) is 2.78. The van der Waals surface area contributed by atoms with E-state index in [1.807, 2.05) is 12.3 Å². The van der Waals surface area contributed by atoms with Crippen LogP contribution in [0.4, 0.5) is 10.6 Å². The Labute approximate surface area is 209 Å². The second kappa shape index (κ2) is 11.5. The Kier molecular flexibility index (Phi) is 8.99. The zero-order valence-electron chi connectivity index (χ0n) is 21.6. The van der Waals surface area contributed by atoms with Gasteiger partial charge in [-0.05, 0) is 54.6 Å². The number of rotatable bonds is 6. The van der Waals surface area contributed by atoms with Crippen molar-refractivity contribution in [2.75, 3.05) is 11.6 Å². The Balaban J connectivity index is 2.02. The average molecular weight is 499 g/mol. The first-order chi connectivity index (χ1) is 16.2. The first-order valence-electron chi connectivity index (χ1n) is 12.4. The van der Waals surface area contributed by atoms with Crippen LogP contribution in [0, 0.1) is 11.5 Å². The maximum absolute atomic E-state index is 12.6. The van der Waals surface area contributed by atoms with Crippen LogP contribution in [-0.4, -0.2) is 41.5 Å². The van der Waals surface area contributed by atoms with E-state index in [0.29, 0.717) is 33.2 Å².